The second kappa shape index (κ2) is 5.27. The standard InChI is InChI=1S/C11H12ClN3S/c1-2-15(7-9-4-3-5-16-9)11-6-10(12)13-8-14-11/h3-6,8H,2,7H2,1H3. The zero-order valence-electron chi connectivity index (χ0n) is 8.93. The van der Waals surface area contributed by atoms with Crippen molar-refractivity contribution in [3.05, 3.63) is 39.9 Å². The number of rotatable bonds is 4. The molecule has 5 heteroatoms. The third kappa shape index (κ3) is 2.71. The molecule has 0 fully saturated rings. The molecule has 3 nitrogen and oxygen atoms in total. The van der Waals surface area contributed by atoms with Crippen LogP contribution in [0.2, 0.25) is 5.15 Å². The summed E-state index contributed by atoms with van der Waals surface area (Å²) in [4.78, 5) is 11.6. The van der Waals surface area contributed by atoms with Crippen molar-refractivity contribution in [2.24, 2.45) is 0 Å². The molecule has 0 saturated heterocycles. The van der Waals surface area contributed by atoms with E-state index in [1.807, 2.05) is 0 Å². The van der Waals surface area contributed by atoms with E-state index >= 15 is 0 Å². The highest BCUT2D eigenvalue weighted by atomic mass is 35.5. The number of hydrogen-bond acceptors (Lipinski definition) is 4. The summed E-state index contributed by atoms with van der Waals surface area (Å²) in [5.74, 6) is 0.871. The number of hydrogen-bond donors (Lipinski definition) is 0. The van der Waals surface area contributed by atoms with Crippen LogP contribution in [0, 0.1) is 0 Å². The molecule has 0 aliphatic rings. The Morgan fingerprint density at radius 3 is 2.94 bits per heavy atom. The van der Waals surface area contributed by atoms with Crippen molar-refractivity contribution in [3.8, 4) is 0 Å². The van der Waals surface area contributed by atoms with Gasteiger partial charge in [0, 0.05) is 17.5 Å². The molecule has 2 aromatic heterocycles. The molecular formula is C11H12ClN3S. The van der Waals surface area contributed by atoms with Crippen LogP contribution >= 0.6 is 22.9 Å². The van der Waals surface area contributed by atoms with Crippen molar-refractivity contribution >= 4 is 28.8 Å². The van der Waals surface area contributed by atoms with Gasteiger partial charge >= 0.3 is 0 Å². The summed E-state index contributed by atoms with van der Waals surface area (Å²) in [6.07, 6.45) is 1.49. The minimum Gasteiger partial charge on any atom is -0.352 e. The lowest BCUT2D eigenvalue weighted by atomic mass is 10.4. The van der Waals surface area contributed by atoms with Crippen molar-refractivity contribution in [2.75, 3.05) is 11.4 Å². The van der Waals surface area contributed by atoms with E-state index in [-0.39, 0.29) is 0 Å². The lowest BCUT2D eigenvalue weighted by molar-refractivity contribution is 0.819. The van der Waals surface area contributed by atoms with Gasteiger partial charge in [-0.15, -0.1) is 11.3 Å². The number of aromatic nitrogens is 2. The first-order valence-electron chi connectivity index (χ1n) is 5.04. The molecule has 0 spiro atoms. The highest BCUT2D eigenvalue weighted by Crippen LogP contribution is 2.18. The maximum atomic E-state index is 5.85. The second-order valence-corrected chi connectivity index (χ2v) is 4.71. The van der Waals surface area contributed by atoms with Gasteiger partial charge in [-0.25, -0.2) is 9.97 Å². The van der Waals surface area contributed by atoms with E-state index in [1.54, 1.807) is 17.4 Å². The van der Waals surface area contributed by atoms with E-state index in [0.29, 0.717) is 5.15 Å². The highest BCUT2D eigenvalue weighted by molar-refractivity contribution is 7.09. The zero-order chi connectivity index (χ0) is 11.4. The lowest BCUT2D eigenvalue weighted by Gasteiger charge is -2.20. The van der Waals surface area contributed by atoms with Crippen molar-refractivity contribution in [3.63, 3.8) is 0 Å². The average molecular weight is 254 g/mol. The summed E-state index contributed by atoms with van der Waals surface area (Å²) >= 11 is 7.60. The van der Waals surface area contributed by atoms with E-state index in [9.17, 15) is 0 Å². The molecule has 0 aromatic carbocycles. The third-order valence-electron chi connectivity index (χ3n) is 2.25. The Kier molecular flexibility index (Phi) is 3.74. The van der Waals surface area contributed by atoms with Gasteiger partial charge in [0.15, 0.2) is 0 Å². The van der Waals surface area contributed by atoms with E-state index in [4.69, 9.17) is 11.6 Å². The third-order valence-corrected chi connectivity index (χ3v) is 3.32. The van der Waals surface area contributed by atoms with Crippen LogP contribution in [0.4, 0.5) is 5.82 Å². The van der Waals surface area contributed by atoms with Crippen LogP contribution in [0.25, 0.3) is 0 Å². The summed E-state index contributed by atoms with van der Waals surface area (Å²) < 4.78 is 0. The molecular weight excluding hydrogens is 242 g/mol. The SMILES string of the molecule is CCN(Cc1cccs1)c1cc(Cl)ncn1. The van der Waals surface area contributed by atoms with Gasteiger partial charge in [-0.05, 0) is 18.4 Å². The quantitative estimate of drug-likeness (QED) is 0.784. The minimum absolute atomic E-state index is 0.481. The van der Waals surface area contributed by atoms with Crippen LogP contribution < -0.4 is 4.90 Å². The number of nitrogens with zero attached hydrogens (tertiary/aromatic N) is 3. The first-order valence-corrected chi connectivity index (χ1v) is 6.30. The molecule has 16 heavy (non-hydrogen) atoms. The van der Waals surface area contributed by atoms with Crippen LogP contribution in [-0.2, 0) is 6.54 Å². The summed E-state index contributed by atoms with van der Waals surface area (Å²) in [6, 6.07) is 5.97. The maximum Gasteiger partial charge on any atom is 0.134 e. The number of halogens is 1. The van der Waals surface area contributed by atoms with E-state index in [1.165, 1.54) is 11.2 Å². The first kappa shape index (κ1) is 11.4. The smallest absolute Gasteiger partial charge is 0.134 e. The Morgan fingerprint density at radius 2 is 2.31 bits per heavy atom. The van der Waals surface area contributed by atoms with Gasteiger partial charge in [0.25, 0.3) is 0 Å². The summed E-state index contributed by atoms with van der Waals surface area (Å²) in [5, 5.41) is 2.56. The normalized spacial score (nSPS) is 10.4. The van der Waals surface area contributed by atoms with Gasteiger partial charge in [0.05, 0.1) is 6.54 Å². The van der Waals surface area contributed by atoms with Crippen molar-refractivity contribution in [2.45, 2.75) is 13.5 Å². The number of thiophene rings is 1. The van der Waals surface area contributed by atoms with Crippen LogP contribution in [-0.4, -0.2) is 16.5 Å². The molecule has 0 saturated carbocycles. The Hall–Kier alpha value is -1.13. The van der Waals surface area contributed by atoms with Crippen LogP contribution in [0.3, 0.4) is 0 Å². The maximum absolute atomic E-state index is 5.85. The monoisotopic (exact) mass is 253 g/mol. The van der Waals surface area contributed by atoms with Gasteiger partial charge in [-0.1, -0.05) is 17.7 Å². The Labute approximate surface area is 104 Å². The Morgan fingerprint density at radius 1 is 1.44 bits per heavy atom. The fourth-order valence-corrected chi connectivity index (χ4v) is 2.30. The molecule has 2 rings (SSSR count). The fraction of sp³-hybridized carbons (Fsp3) is 0.273. The second-order valence-electron chi connectivity index (χ2n) is 3.29. The summed E-state index contributed by atoms with van der Waals surface area (Å²) in [5.41, 5.74) is 0. The molecule has 2 aromatic rings. The molecule has 2 heterocycles. The van der Waals surface area contributed by atoms with Gasteiger partial charge < -0.3 is 4.90 Å². The molecule has 0 unspecified atom stereocenters. The van der Waals surface area contributed by atoms with Crippen LogP contribution in [0.15, 0.2) is 29.9 Å². The van der Waals surface area contributed by atoms with E-state index < -0.39 is 0 Å². The fourth-order valence-electron chi connectivity index (χ4n) is 1.44. The number of anilines is 1. The van der Waals surface area contributed by atoms with Crippen molar-refractivity contribution in [1.82, 2.24) is 9.97 Å². The lowest BCUT2D eigenvalue weighted by Crippen LogP contribution is -2.22. The Balaban J connectivity index is 2.16. The first-order chi connectivity index (χ1) is 7.79. The molecule has 0 radical (unpaired) electrons. The van der Waals surface area contributed by atoms with Crippen LogP contribution in [0.5, 0.6) is 0 Å². The largest absolute Gasteiger partial charge is 0.352 e. The topological polar surface area (TPSA) is 29.0 Å². The molecule has 0 N–H and O–H groups in total. The van der Waals surface area contributed by atoms with Gasteiger partial charge in [0.1, 0.15) is 17.3 Å². The molecule has 84 valence electrons. The van der Waals surface area contributed by atoms with E-state index in [0.717, 1.165) is 18.9 Å². The molecule has 0 aliphatic heterocycles. The molecule has 0 atom stereocenters. The summed E-state index contributed by atoms with van der Waals surface area (Å²) in [7, 11) is 0. The van der Waals surface area contributed by atoms with Crippen molar-refractivity contribution < 1.29 is 0 Å². The summed E-state index contributed by atoms with van der Waals surface area (Å²) in [6.45, 7) is 3.86. The average Bonchev–Trinajstić information content (AvgIpc) is 2.78. The predicted molar refractivity (Wildman–Crippen MR) is 68.1 cm³/mol. The zero-order valence-corrected chi connectivity index (χ0v) is 10.5. The molecule has 0 amide bonds. The molecule has 0 bridgehead atoms. The van der Waals surface area contributed by atoms with Gasteiger partial charge in [0.2, 0.25) is 0 Å². The van der Waals surface area contributed by atoms with Crippen molar-refractivity contribution in [1.29, 1.82) is 0 Å². The Bertz CT molecular complexity index is 444. The minimum atomic E-state index is 0.481. The van der Waals surface area contributed by atoms with Crippen LogP contribution in [0.1, 0.15) is 11.8 Å². The van der Waals surface area contributed by atoms with Gasteiger partial charge in [-0.2, -0.15) is 0 Å². The van der Waals surface area contributed by atoms with Gasteiger partial charge in [-0.3, -0.25) is 0 Å². The van der Waals surface area contributed by atoms with E-state index in [2.05, 4.69) is 39.3 Å². The highest BCUT2D eigenvalue weighted by Gasteiger charge is 2.07. The predicted octanol–water partition coefficient (Wildman–Crippen LogP) is 3.22. The molecule has 0 aliphatic carbocycles.